The van der Waals surface area contributed by atoms with E-state index in [1.165, 1.54) is 0 Å². The largest absolute Gasteiger partial charge is 0.480 e. The number of primary amides is 1. The maximum Gasteiger partial charge on any atom is 0.326 e. The molecule has 0 unspecified atom stereocenters. The van der Waals surface area contributed by atoms with Crippen molar-refractivity contribution >= 4 is 17.6 Å². The molecule has 19 heavy (non-hydrogen) atoms. The smallest absolute Gasteiger partial charge is 0.326 e. The van der Waals surface area contributed by atoms with Crippen LogP contribution in [0.15, 0.2) is 30.4 Å². The van der Waals surface area contributed by atoms with E-state index in [0.29, 0.717) is 11.3 Å². The van der Waals surface area contributed by atoms with Crippen molar-refractivity contribution in [3.8, 4) is 0 Å². The first-order chi connectivity index (χ1) is 9.09. The normalized spacial score (nSPS) is 27.3. The van der Waals surface area contributed by atoms with Crippen molar-refractivity contribution in [2.75, 3.05) is 5.32 Å². The summed E-state index contributed by atoms with van der Waals surface area (Å²) in [5, 5.41) is 12.3. The third kappa shape index (κ3) is 1.69. The maximum absolute atomic E-state index is 11.5. The number of fused-ring (bicyclic) bond motifs is 3. The first kappa shape index (κ1) is 11.8. The van der Waals surface area contributed by atoms with Crippen LogP contribution < -0.4 is 11.1 Å². The number of anilines is 1. The summed E-state index contributed by atoms with van der Waals surface area (Å²) >= 11 is 0. The average molecular weight is 258 g/mol. The van der Waals surface area contributed by atoms with E-state index in [1.807, 2.05) is 18.2 Å². The van der Waals surface area contributed by atoms with Gasteiger partial charge in [-0.15, -0.1) is 0 Å². The van der Waals surface area contributed by atoms with Gasteiger partial charge in [0.2, 0.25) is 0 Å². The number of hydrogen-bond acceptors (Lipinski definition) is 3. The molecule has 0 saturated heterocycles. The molecule has 5 nitrogen and oxygen atoms in total. The van der Waals surface area contributed by atoms with Gasteiger partial charge < -0.3 is 16.2 Å². The Bertz CT molecular complexity index is 594. The molecular formula is C14H14N2O3. The van der Waals surface area contributed by atoms with Gasteiger partial charge in [-0.3, -0.25) is 4.79 Å². The highest BCUT2D eigenvalue weighted by molar-refractivity contribution is 6.00. The molecule has 1 aromatic rings. The Labute approximate surface area is 110 Å². The number of hydrogen-bond donors (Lipinski definition) is 3. The van der Waals surface area contributed by atoms with Gasteiger partial charge >= 0.3 is 5.97 Å². The fraction of sp³-hybridized carbons (Fsp3) is 0.286. The lowest BCUT2D eigenvalue weighted by Crippen LogP contribution is -2.42. The van der Waals surface area contributed by atoms with Crippen LogP contribution in [0.4, 0.5) is 5.69 Å². The van der Waals surface area contributed by atoms with Gasteiger partial charge in [0.15, 0.2) is 0 Å². The molecule has 3 atom stereocenters. The van der Waals surface area contributed by atoms with E-state index in [9.17, 15) is 14.7 Å². The van der Waals surface area contributed by atoms with Gasteiger partial charge in [0.1, 0.15) is 6.04 Å². The summed E-state index contributed by atoms with van der Waals surface area (Å²) in [5.74, 6) is -1.41. The van der Waals surface area contributed by atoms with Gasteiger partial charge in [0.25, 0.3) is 5.91 Å². The molecule has 3 rings (SSSR count). The lowest BCUT2D eigenvalue weighted by Gasteiger charge is -2.35. The number of amides is 1. The maximum atomic E-state index is 11.5. The molecule has 1 heterocycles. The Morgan fingerprint density at radius 1 is 1.37 bits per heavy atom. The molecule has 1 aliphatic carbocycles. The Hall–Kier alpha value is -2.30. The quantitative estimate of drug-likeness (QED) is 0.698. The number of carboxylic acid groups (broad SMARTS) is 1. The van der Waals surface area contributed by atoms with E-state index in [4.69, 9.17) is 5.73 Å². The Kier molecular flexibility index (Phi) is 2.55. The zero-order chi connectivity index (χ0) is 13.6. The number of nitrogens with one attached hydrogen (secondary N) is 1. The molecule has 0 bridgehead atoms. The van der Waals surface area contributed by atoms with Crippen LogP contribution >= 0.6 is 0 Å². The van der Waals surface area contributed by atoms with Crippen molar-refractivity contribution in [3.63, 3.8) is 0 Å². The van der Waals surface area contributed by atoms with Crippen LogP contribution in [-0.4, -0.2) is 23.0 Å². The zero-order valence-electron chi connectivity index (χ0n) is 10.2. The van der Waals surface area contributed by atoms with E-state index in [1.54, 1.807) is 12.1 Å². The number of allylic oxidation sites excluding steroid dienone is 2. The minimum atomic E-state index is -0.899. The number of rotatable bonds is 2. The number of nitrogens with two attached hydrogens (primary N) is 1. The summed E-state index contributed by atoms with van der Waals surface area (Å²) in [4.78, 5) is 22.8. The number of para-hydroxylation sites is 1. The van der Waals surface area contributed by atoms with Crippen molar-refractivity contribution in [1.29, 1.82) is 0 Å². The summed E-state index contributed by atoms with van der Waals surface area (Å²) < 4.78 is 0. The second kappa shape index (κ2) is 4.12. The molecule has 0 spiro atoms. The highest BCUT2D eigenvalue weighted by Crippen LogP contribution is 2.45. The topological polar surface area (TPSA) is 92.4 Å². The fourth-order valence-electron chi connectivity index (χ4n) is 3.07. The lowest BCUT2D eigenvalue weighted by molar-refractivity contribution is -0.139. The van der Waals surface area contributed by atoms with Gasteiger partial charge in [-0.1, -0.05) is 24.3 Å². The fourth-order valence-corrected chi connectivity index (χ4v) is 3.07. The third-order valence-electron chi connectivity index (χ3n) is 3.93. The second-order valence-electron chi connectivity index (χ2n) is 4.95. The van der Waals surface area contributed by atoms with E-state index in [2.05, 4.69) is 5.32 Å². The summed E-state index contributed by atoms with van der Waals surface area (Å²) in [6, 6.07) is 4.63. The summed E-state index contributed by atoms with van der Waals surface area (Å²) in [7, 11) is 0. The SMILES string of the molecule is NC(=O)c1cccc2c1N[C@H](C(=O)O)[C@H]1CC=C[C@H]21. The van der Waals surface area contributed by atoms with Crippen molar-refractivity contribution in [3.05, 3.63) is 41.5 Å². The Balaban J connectivity index is 2.15. The molecule has 0 saturated carbocycles. The minimum absolute atomic E-state index is 0.00636. The number of carboxylic acids is 1. The Morgan fingerprint density at radius 2 is 2.16 bits per heavy atom. The Morgan fingerprint density at radius 3 is 2.84 bits per heavy atom. The van der Waals surface area contributed by atoms with Crippen LogP contribution in [0.25, 0.3) is 0 Å². The number of carbonyl (C=O) groups is 2. The highest BCUT2D eigenvalue weighted by atomic mass is 16.4. The highest BCUT2D eigenvalue weighted by Gasteiger charge is 2.41. The average Bonchev–Trinajstić information content (AvgIpc) is 2.85. The molecule has 98 valence electrons. The van der Waals surface area contributed by atoms with Crippen LogP contribution in [0, 0.1) is 5.92 Å². The lowest BCUT2D eigenvalue weighted by atomic mass is 9.78. The monoisotopic (exact) mass is 258 g/mol. The molecule has 0 aromatic heterocycles. The van der Waals surface area contributed by atoms with E-state index >= 15 is 0 Å². The molecule has 0 radical (unpaired) electrons. The summed E-state index contributed by atoms with van der Waals surface area (Å²) in [5.41, 5.74) is 7.22. The molecule has 0 fully saturated rings. The second-order valence-corrected chi connectivity index (χ2v) is 4.95. The van der Waals surface area contributed by atoms with Crippen molar-refractivity contribution in [2.24, 2.45) is 11.7 Å². The van der Waals surface area contributed by atoms with Crippen LogP contribution in [0.1, 0.15) is 28.3 Å². The van der Waals surface area contributed by atoms with Gasteiger partial charge in [-0.2, -0.15) is 0 Å². The molecule has 1 aliphatic heterocycles. The third-order valence-corrected chi connectivity index (χ3v) is 3.93. The number of carbonyl (C=O) groups excluding carboxylic acids is 1. The molecule has 2 aliphatic rings. The van der Waals surface area contributed by atoms with Crippen LogP contribution in [0.2, 0.25) is 0 Å². The van der Waals surface area contributed by atoms with Gasteiger partial charge in [-0.05, 0) is 18.1 Å². The molecule has 4 N–H and O–H groups in total. The summed E-state index contributed by atoms with van der Waals surface area (Å²) in [6.45, 7) is 0. The first-order valence-corrected chi connectivity index (χ1v) is 6.18. The predicted molar refractivity (Wildman–Crippen MR) is 70.0 cm³/mol. The zero-order valence-corrected chi connectivity index (χ0v) is 10.2. The van der Waals surface area contributed by atoms with Gasteiger partial charge in [-0.25, -0.2) is 4.79 Å². The van der Waals surface area contributed by atoms with E-state index in [0.717, 1.165) is 12.0 Å². The number of aliphatic carboxylic acids is 1. The first-order valence-electron chi connectivity index (χ1n) is 6.18. The van der Waals surface area contributed by atoms with Crippen molar-refractivity contribution in [2.45, 2.75) is 18.4 Å². The van der Waals surface area contributed by atoms with Crippen LogP contribution in [-0.2, 0) is 4.79 Å². The van der Waals surface area contributed by atoms with Gasteiger partial charge in [0.05, 0.1) is 11.3 Å². The van der Waals surface area contributed by atoms with E-state index in [-0.39, 0.29) is 11.8 Å². The van der Waals surface area contributed by atoms with Crippen LogP contribution in [0.5, 0.6) is 0 Å². The van der Waals surface area contributed by atoms with E-state index < -0.39 is 17.9 Å². The summed E-state index contributed by atoms with van der Waals surface area (Å²) in [6.07, 6.45) is 4.75. The molecule has 1 aromatic carbocycles. The minimum Gasteiger partial charge on any atom is -0.480 e. The van der Waals surface area contributed by atoms with Gasteiger partial charge in [0, 0.05) is 11.8 Å². The predicted octanol–water partition coefficient (Wildman–Crippen LogP) is 1.32. The van der Waals surface area contributed by atoms with Crippen LogP contribution in [0.3, 0.4) is 0 Å². The molecule has 5 heteroatoms. The van der Waals surface area contributed by atoms with Crippen molar-refractivity contribution in [1.82, 2.24) is 0 Å². The number of benzene rings is 1. The molecule has 1 amide bonds. The standard InChI is InChI=1S/C14H14N2O3/c15-13(17)10-6-2-4-8-7-3-1-5-9(7)12(14(18)19)16-11(8)10/h1-4,6-7,9,12,16H,5H2,(H2,15,17)(H,18,19)/t7-,9+,12+/m1/s1. The molecular weight excluding hydrogens is 244 g/mol. The van der Waals surface area contributed by atoms with Crippen molar-refractivity contribution < 1.29 is 14.7 Å².